The van der Waals surface area contributed by atoms with Gasteiger partial charge >= 0.3 is 6.61 Å². The monoisotopic (exact) mass is 398 g/mol. The molecule has 0 aliphatic carbocycles. The van der Waals surface area contributed by atoms with Crippen molar-refractivity contribution in [1.82, 2.24) is 5.32 Å². The van der Waals surface area contributed by atoms with Crippen molar-refractivity contribution in [3.63, 3.8) is 0 Å². The van der Waals surface area contributed by atoms with Crippen molar-refractivity contribution in [2.24, 2.45) is 0 Å². The largest absolute Gasteiger partial charge is 0.434 e. The van der Waals surface area contributed by atoms with E-state index in [0.717, 1.165) is 6.26 Å². The molecule has 25 heavy (non-hydrogen) atoms. The number of anilines is 1. The number of hydrogen-bond acceptors (Lipinski definition) is 5. The molecular weight excluding hydrogens is 378 g/mol. The van der Waals surface area contributed by atoms with Crippen LogP contribution in [0.2, 0.25) is 0 Å². The van der Waals surface area contributed by atoms with E-state index < -0.39 is 27.1 Å². The van der Waals surface area contributed by atoms with E-state index in [2.05, 4.69) is 15.4 Å². The van der Waals surface area contributed by atoms with Crippen LogP contribution in [0.5, 0.6) is 5.75 Å². The average molecular weight is 399 g/mol. The normalized spacial score (nSPS) is 16.8. The van der Waals surface area contributed by atoms with Crippen LogP contribution >= 0.6 is 12.4 Å². The molecule has 0 unspecified atom stereocenters. The summed E-state index contributed by atoms with van der Waals surface area (Å²) in [5, 5.41) is 5.55. The second-order valence-corrected chi connectivity index (χ2v) is 8.16. The lowest BCUT2D eigenvalue weighted by Crippen LogP contribution is -2.55. The second-order valence-electron chi connectivity index (χ2n) is 5.83. The predicted molar refractivity (Wildman–Crippen MR) is 93.4 cm³/mol. The topological polar surface area (TPSA) is 84.5 Å². The first-order valence-corrected chi connectivity index (χ1v) is 9.32. The first-order valence-electron chi connectivity index (χ1n) is 7.43. The molecule has 0 bridgehead atoms. The van der Waals surface area contributed by atoms with E-state index in [0.29, 0.717) is 18.7 Å². The average Bonchev–Trinajstić information content (AvgIpc) is 2.49. The zero-order valence-electron chi connectivity index (χ0n) is 13.8. The van der Waals surface area contributed by atoms with Crippen molar-refractivity contribution < 1.29 is 26.7 Å². The fraction of sp³-hybridized carbons (Fsp3) is 0.533. The smallest absolute Gasteiger partial charge is 0.387 e. The lowest BCUT2D eigenvalue weighted by atomic mass is 9.95. The number of amides is 1. The van der Waals surface area contributed by atoms with Crippen LogP contribution in [-0.4, -0.2) is 45.0 Å². The van der Waals surface area contributed by atoms with Crippen LogP contribution in [0.1, 0.15) is 18.4 Å². The van der Waals surface area contributed by atoms with Crippen LogP contribution < -0.4 is 15.4 Å². The van der Waals surface area contributed by atoms with E-state index in [9.17, 15) is 22.0 Å². The Balaban J connectivity index is 0.00000312. The van der Waals surface area contributed by atoms with Crippen molar-refractivity contribution in [3.05, 3.63) is 23.8 Å². The van der Waals surface area contributed by atoms with Gasteiger partial charge in [-0.25, -0.2) is 8.42 Å². The molecule has 142 valence electrons. The van der Waals surface area contributed by atoms with E-state index in [-0.39, 0.29) is 36.7 Å². The lowest BCUT2D eigenvalue weighted by molar-refractivity contribution is -0.119. The van der Waals surface area contributed by atoms with Gasteiger partial charge in [0.05, 0.1) is 0 Å². The molecule has 1 heterocycles. The third kappa shape index (κ3) is 4.80. The number of alkyl halides is 2. The molecule has 1 aliphatic heterocycles. The molecule has 0 spiro atoms. The molecule has 1 saturated heterocycles. The van der Waals surface area contributed by atoms with Gasteiger partial charge < -0.3 is 15.4 Å². The first kappa shape index (κ1) is 21.6. The van der Waals surface area contributed by atoms with E-state index in [1.165, 1.54) is 18.2 Å². The van der Waals surface area contributed by atoms with Gasteiger partial charge in [0.2, 0.25) is 5.91 Å². The summed E-state index contributed by atoms with van der Waals surface area (Å²) in [6.07, 6.45) is 1.35. The van der Waals surface area contributed by atoms with Crippen molar-refractivity contribution >= 4 is 33.8 Å². The van der Waals surface area contributed by atoms with Crippen molar-refractivity contribution in [2.45, 2.75) is 31.1 Å². The minimum atomic E-state index is -3.65. The molecule has 1 amide bonds. The zero-order chi connectivity index (χ0) is 18.0. The number of halogens is 3. The van der Waals surface area contributed by atoms with Crippen LogP contribution in [0.25, 0.3) is 0 Å². The fourth-order valence-electron chi connectivity index (χ4n) is 2.74. The highest BCUT2D eigenvalue weighted by Gasteiger charge is 2.48. The molecule has 1 fully saturated rings. The fourth-order valence-corrected chi connectivity index (χ4v) is 4.08. The molecular formula is C15H21ClF2N2O4S. The summed E-state index contributed by atoms with van der Waals surface area (Å²) in [7, 11) is -3.65. The Kier molecular flexibility index (Phi) is 7.16. The van der Waals surface area contributed by atoms with Gasteiger partial charge in [-0.1, -0.05) is 6.07 Å². The molecule has 0 saturated carbocycles. The number of carbonyl (C=O) groups excluding carboxylic acids is 1. The molecule has 0 aromatic heterocycles. The van der Waals surface area contributed by atoms with Crippen LogP contribution in [0.3, 0.4) is 0 Å². The number of rotatable bonds is 5. The summed E-state index contributed by atoms with van der Waals surface area (Å²) < 4.78 is 52.1. The predicted octanol–water partition coefficient (Wildman–Crippen LogP) is 2.12. The van der Waals surface area contributed by atoms with Gasteiger partial charge in [-0.2, -0.15) is 8.78 Å². The summed E-state index contributed by atoms with van der Waals surface area (Å²) in [4.78, 5) is 12.6. The maximum atomic E-state index is 12.6. The van der Waals surface area contributed by atoms with E-state index in [1.54, 1.807) is 6.92 Å². The Morgan fingerprint density at radius 1 is 1.32 bits per heavy atom. The Bertz CT molecular complexity index is 722. The molecule has 6 nitrogen and oxygen atoms in total. The molecule has 10 heteroatoms. The number of ether oxygens (including phenoxy) is 1. The summed E-state index contributed by atoms with van der Waals surface area (Å²) in [5.41, 5.74) is 0.691. The van der Waals surface area contributed by atoms with Crippen LogP contribution in [0.15, 0.2) is 18.2 Å². The number of sulfone groups is 1. The van der Waals surface area contributed by atoms with Crippen molar-refractivity contribution in [1.29, 1.82) is 0 Å². The highest BCUT2D eigenvalue weighted by molar-refractivity contribution is 7.92. The van der Waals surface area contributed by atoms with Crippen molar-refractivity contribution in [2.75, 3.05) is 24.7 Å². The minimum absolute atomic E-state index is 0. The number of aryl methyl sites for hydroxylation is 1. The maximum absolute atomic E-state index is 12.6. The zero-order valence-corrected chi connectivity index (χ0v) is 15.5. The van der Waals surface area contributed by atoms with E-state index in [1.807, 2.05) is 0 Å². The van der Waals surface area contributed by atoms with Crippen LogP contribution in [-0.2, 0) is 14.6 Å². The number of piperidine rings is 1. The van der Waals surface area contributed by atoms with E-state index in [4.69, 9.17) is 0 Å². The quantitative estimate of drug-likeness (QED) is 0.793. The third-order valence-electron chi connectivity index (χ3n) is 4.20. The molecule has 0 atom stereocenters. The number of hydrogen-bond donors (Lipinski definition) is 2. The Morgan fingerprint density at radius 3 is 2.44 bits per heavy atom. The lowest BCUT2D eigenvalue weighted by Gasteiger charge is -2.34. The van der Waals surface area contributed by atoms with Gasteiger partial charge in [0.15, 0.2) is 14.6 Å². The first-order chi connectivity index (χ1) is 11.2. The Morgan fingerprint density at radius 2 is 1.92 bits per heavy atom. The van der Waals surface area contributed by atoms with Gasteiger partial charge in [-0.05, 0) is 44.5 Å². The minimum Gasteiger partial charge on any atom is -0.434 e. The number of benzene rings is 1. The standard InChI is InChI=1S/C15H20F2N2O4S.ClH/c1-10-3-4-11(9-12(10)23-14(16)17)19-13(20)15(24(2,21)22)5-7-18-8-6-15;/h3-4,9,14,18H,5-8H2,1-2H3,(H,19,20);1H. The summed E-state index contributed by atoms with van der Waals surface area (Å²) in [5.74, 6) is -0.722. The molecule has 0 radical (unpaired) electrons. The Hall–Kier alpha value is -1.45. The SMILES string of the molecule is Cc1ccc(NC(=O)C2(S(C)(=O)=O)CCNCC2)cc1OC(F)F.Cl. The molecule has 1 aromatic rings. The Labute approximate surface area is 151 Å². The van der Waals surface area contributed by atoms with Gasteiger partial charge in [-0.15, -0.1) is 12.4 Å². The number of nitrogens with one attached hydrogen (secondary N) is 2. The van der Waals surface area contributed by atoms with Gasteiger partial charge in [0.1, 0.15) is 5.75 Å². The molecule has 1 aliphatic rings. The van der Waals surface area contributed by atoms with Crippen LogP contribution in [0.4, 0.5) is 14.5 Å². The number of carbonyl (C=O) groups is 1. The summed E-state index contributed by atoms with van der Waals surface area (Å²) in [6, 6.07) is 4.29. The highest BCUT2D eigenvalue weighted by Crippen LogP contribution is 2.31. The van der Waals surface area contributed by atoms with E-state index >= 15 is 0 Å². The van der Waals surface area contributed by atoms with Gasteiger partial charge in [0, 0.05) is 18.0 Å². The van der Waals surface area contributed by atoms with Crippen molar-refractivity contribution in [3.8, 4) is 5.75 Å². The molecule has 2 rings (SSSR count). The van der Waals surface area contributed by atoms with Gasteiger partial charge in [-0.3, -0.25) is 4.79 Å². The highest BCUT2D eigenvalue weighted by atomic mass is 35.5. The summed E-state index contributed by atoms with van der Waals surface area (Å²) >= 11 is 0. The third-order valence-corrected chi connectivity index (χ3v) is 6.21. The maximum Gasteiger partial charge on any atom is 0.387 e. The molecule has 2 N–H and O–H groups in total. The summed E-state index contributed by atoms with van der Waals surface area (Å²) in [6.45, 7) is -0.572. The van der Waals surface area contributed by atoms with Crippen LogP contribution in [0, 0.1) is 6.92 Å². The molecule has 1 aromatic carbocycles. The van der Waals surface area contributed by atoms with Gasteiger partial charge in [0.25, 0.3) is 0 Å². The second kappa shape index (κ2) is 8.29.